The minimum absolute atomic E-state index is 0.00103. The number of nitrogens with one attached hydrogen (secondary N) is 2. The second-order valence-corrected chi connectivity index (χ2v) is 5.55. The predicted molar refractivity (Wildman–Crippen MR) is 67.0 cm³/mol. The van der Waals surface area contributed by atoms with Crippen molar-refractivity contribution >= 4 is 15.7 Å². The molecule has 0 fully saturated rings. The zero-order valence-electron chi connectivity index (χ0n) is 9.74. The number of para-hydroxylation sites is 1. The molecule has 0 spiro atoms. The molecule has 0 radical (unpaired) electrons. The molecule has 0 unspecified atom stereocenters. The van der Waals surface area contributed by atoms with Gasteiger partial charge in [-0.2, -0.15) is 0 Å². The Kier molecular flexibility index (Phi) is 5.37. The van der Waals surface area contributed by atoms with Crippen LogP contribution in [0, 0.1) is 5.82 Å². The summed E-state index contributed by atoms with van der Waals surface area (Å²) in [6.07, 6.45) is 1.32. The fourth-order valence-electron chi connectivity index (χ4n) is 1.36. The highest BCUT2D eigenvalue weighted by molar-refractivity contribution is 7.92. The number of benzene rings is 1. The van der Waals surface area contributed by atoms with Crippen molar-refractivity contribution in [2.24, 2.45) is 0 Å². The lowest BCUT2D eigenvalue weighted by molar-refractivity contribution is 0.593. The standard InChI is InChI=1S/C11H17FN2O2S/c1-13-8-4-5-9-17(15,16)14-11-7-3-2-6-10(11)12/h2-3,6-7,13-14H,4-5,8-9H2,1H3. The molecule has 0 amide bonds. The van der Waals surface area contributed by atoms with Gasteiger partial charge in [0.15, 0.2) is 0 Å². The lowest BCUT2D eigenvalue weighted by Crippen LogP contribution is -2.18. The van der Waals surface area contributed by atoms with E-state index in [1.54, 1.807) is 6.07 Å². The molecule has 0 saturated heterocycles. The van der Waals surface area contributed by atoms with Gasteiger partial charge in [0.1, 0.15) is 5.82 Å². The molecule has 1 aromatic carbocycles. The smallest absolute Gasteiger partial charge is 0.232 e. The van der Waals surface area contributed by atoms with Gasteiger partial charge >= 0.3 is 0 Å². The molecule has 1 aromatic rings. The third-order valence-corrected chi connectivity index (χ3v) is 3.59. The monoisotopic (exact) mass is 260 g/mol. The van der Waals surface area contributed by atoms with Crippen LogP contribution in [0.4, 0.5) is 10.1 Å². The van der Waals surface area contributed by atoms with Crippen molar-refractivity contribution in [3.8, 4) is 0 Å². The number of halogens is 1. The van der Waals surface area contributed by atoms with Gasteiger partial charge in [-0.3, -0.25) is 4.72 Å². The molecular weight excluding hydrogens is 243 g/mol. The summed E-state index contributed by atoms with van der Waals surface area (Å²) in [5.41, 5.74) is 0.00103. The van der Waals surface area contributed by atoms with Gasteiger partial charge in [-0.1, -0.05) is 12.1 Å². The normalized spacial score (nSPS) is 11.4. The number of rotatable bonds is 7. The van der Waals surface area contributed by atoms with Crippen LogP contribution < -0.4 is 10.0 Å². The van der Waals surface area contributed by atoms with Crippen LogP contribution in [0.5, 0.6) is 0 Å². The Bertz CT molecular complexity index is 449. The molecule has 0 atom stereocenters. The van der Waals surface area contributed by atoms with Crippen LogP contribution in [-0.4, -0.2) is 27.8 Å². The Hall–Kier alpha value is -1.14. The lowest BCUT2D eigenvalue weighted by atomic mass is 10.3. The fraction of sp³-hybridized carbons (Fsp3) is 0.455. The molecule has 96 valence electrons. The van der Waals surface area contributed by atoms with Crippen LogP contribution in [0.15, 0.2) is 24.3 Å². The summed E-state index contributed by atoms with van der Waals surface area (Å²) in [5.74, 6) is -0.561. The van der Waals surface area contributed by atoms with Crippen LogP contribution in [0.2, 0.25) is 0 Å². The van der Waals surface area contributed by atoms with E-state index in [9.17, 15) is 12.8 Å². The molecule has 2 N–H and O–H groups in total. The first-order chi connectivity index (χ1) is 8.05. The van der Waals surface area contributed by atoms with Gasteiger partial charge in [-0.05, 0) is 38.6 Å². The molecule has 17 heavy (non-hydrogen) atoms. The Labute approximate surface area is 101 Å². The van der Waals surface area contributed by atoms with E-state index < -0.39 is 15.8 Å². The maximum atomic E-state index is 13.2. The van der Waals surface area contributed by atoms with Gasteiger partial charge in [0.25, 0.3) is 0 Å². The molecule has 4 nitrogen and oxygen atoms in total. The van der Waals surface area contributed by atoms with Gasteiger partial charge in [0.2, 0.25) is 10.0 Å². The van der Waals surface area contributed by atoms with Crippen molar-refractivity contribution in [1.82, 2.24) is 5.32 Å². The average molecular weight is 260 g/mol. The Morgan fingerprint density at radius 2 is 1.94 bits per heavy atom. The average Bonchev–Trinajstić information content (AvgIpc) is 2.28. The van der Waals surface area contributed by atoms with Crippen molar-refractivity contribution in [2.45, 2.75) is 12.8 Å². The molecule has 0 aliphatic rings. The first-order valence-electron chi connectivity index (χ1n) is 5.45. The highest BCUT2D eigenvalue weighted by Gasteiger charge is 2.12. The SMILES string of the molecule is CNCCCCS(=O)(=O)Nc1ccccc1F. The second-order valence-electron chi connectivity index (χ2n) is 3.71. The van der Waals surface area contributed by atoms with Crippen LogP contribution >= 0.6 is 0 Å². The van der Waals surface area contributed by atoms with Gasteiger partial charge in [0, 0.05) is 0 Å². The van der Waals surface area contributed by atoms with Crippen LogP contribution in [0.3, 0.4) is 0 Å². The largest absolute Gasteiger partial charge is 0.320 e. The Morgan fingerprint density at radius 3 is 2.59 bits per heavy atom. The number of hydrogen-bond donors (Lipinski definition) is 2. The zero-order valence-corrected chi connectivity index (χ0v) is 10.6. The summed E-state index contributed by atoms with van der Waals surface area (Å²) in [6.45, 7) is 0.773. The minimum Gasteiger partial charge on any atom is -0.320 e. The first kappa shape index (κ1) is 13.9. The van der Waals surface area contributed by atoms with Crippen molar-refractivity contribution in [3.05, 3.63) is 30.1 Å². The van der Waals surface area contributed by atoms with E-state index in [2.05, 4.69) is 10.0 Å². The molecule has 0 saturated carbocycles. The third kappa shape index (κ3) is 5.14. The topological polar surface area (TPSA) is 58.2 Å². The maximum Gasteiger partial charge on any atom is 0.232 e. The molecule has 6 heteroatoms. The van der Waals surface area contributed by atoms with E-state index in [1.165, 1.54) is 18.2 Å². The Morgan fingerprint density at radius 1 is 1.24 bits per heavy atom. The van der Waals surface area contributed by atoms with Gasteiger partial charge in [0.05, 0.1) is 11.4 Å². The molecule has 1 rings (SSSR count). The Balaban J connectivity index is 2.52. The van der Waals surface area contributed by atoms with Crippen molar-refractivity contribution in [1.29, 1.82) is 0 Å². The summed E-state index contributed by atoms with van der Waals surface area (Å²) in [4.78, 5) is 0. The van der Waals surface area contributed by atoms with Gasteiger partial charge < -0.3 is 5.32 Å². The second kappa shape index (κ2) is 6.56. The summed E-state index contributed by atoms with van der Waals surface area (Å²) in [5, 5.41) is 2.94. The molecular formula is C11H17FN2O2S. The third-order valence-electron chi connectivity index (χ3n) is 2.23. The summed E-state index contributed by atoms with van der Waals surface area (Å²) < 4.78 is 38.7. The molecule has 0 aromatic heterocycles. The van der Waals surface area contributed by atoms with Crippen molar-refractivity contribution in [3.63, 3.8) is 0 Å². The first-order valence-corrected chi connectivity index (χ1v) is 7.10. The van der Waals surface area contributed by atoms with E-state index >= 15 is 0 Å². The van der Waals surface area contributed by atoms with Crippen molar-refractivity contribution in [2.75, 3.05) is 24.1 Å². The van der Waals surface area contributed by atoms with Crippen LogP contribution in [0.25, 0.3) is 0 Å². The van der Waals surface area contributed by atoms with E-state index in [1.807, 2.05) is 7.05 Å². The van der Waals surface area contributed by atoms with E-state index in [0.717, 1.165) is 13.0 Å². The number of hydrogen-bond acceptors (Lipinski definition) is 3. The van der Waals surface area contributed by atoms with E-state index in [-0.39, 0.29) is 11.4 Å². The molecule has 0 bridgehead atoms. The number of sulfonamides is 1. The molecule has 0 heterocycles. The lowest BCUT2D eigenvalue weighted by Gasteiger charge is -2.08. The quantitative estimate of drug-likeness (QED) is 0.732. The van der Waals surface area contributed by atoms with Crippen LogP contribution in [0.1, 0.15) is 12.8 Å². The fourth-order valence-corrected chi connectivity index (χ4v) is 2.54. The molecule has 0 aliphatic carbocycles. The predicted octanol–water partition coefficient (Wildman–Crippen LogP) is 1.57. The molecule has 0 aliphatic heterocycles. The maximum absolute atomic E-state index is 13.2. The van der Waals surface area contributed by atoms with Gasteiger partial charge in [-0.25, -0.2) is 12.8 Å². The highest BCUT2D eigenvalue weighted by Crippen LogP contribution is 2.14. The highest BCUT2D eigenvalue weighted by atomic mass is 32.2. The van der Waals surface area contributed by atoms with E-state index in [0.29, 0.717) is 6.42 Å². The summed E-state index contributed by atoms with van der Waals surface area (Å²) in [7, 11) is -1.64. The van der Waals surface area contributed by atoms with Crippen molar-refractivity contribution < 1.29 is 12.8 Å². The van der Waals surface area contributed by atoms with Crippen LogP contribution in [-0.2, 0) is 10.0 Å². The number of unbranched alkanes of at least 4 members (excludes halogenated alkanes) is 1. The van der Waals surface area contributed by atoms with Gasteiger partial charge in [-0.15, -0.1) is 0 Å². The zero-order chi connectivity index (χ0) is 12.7. The minimum atomic E-state index is -3.46. The summed E-state index contributed by atoms with van der Waals surface area (Å²) >= 11 is 0. The number of anilines is 1. The summed E-state index contributed by atoms with van der Waals surface area (Å²) in [6, 6.07) is 5.72. The van der Waals surface area contributed by atoms with E-state index in [4.69, 9.17) is 0 Å².